The maximum Gasteiger partial charge on any atom is 0.374 e. The van der Waals surface area contributed by atoms with E-state index in [4.69, 9.17) is 9.15 Å². The molecular weight excluding hydrogens is 306 g/mol. The summed E-state index contributed by atoms with van der Waals surface area (Å²) in [4.78, 5) is 24.1. The van der Waals surface area contributed by atoms with Gasteiger partial charge in [-0.3, -0.25) is 4.79 Å². The molecule has 1 aliphatic rings. The van der Waals surface area contributed by atoms with Gasteiger partial charge < -0.3 is 14.5 Å². The monoisotopic (exact) mass is 329 g/mol. The Morgan fingerprint density at radius 2 is 2.04 bits per heavy atom. The van der Waals surface area contributed by atoms with Gasteiger partial charge in [-0.25, -0.2) is 4.79 Å². The molecule has 3 unspecified atom stereocenters. The Morgan fingerprint density at radius 3 is 2.83 bits per heavy atom. The zero-order valence-corrected chi connectivity index (χ0v) is 14.1. The molecule has 3 atom stereocenters. The Bertz CT molecular complexity index is 703. The number of hydrogen-bond donors (Lipinski definition) is 1. The van der Waals surface area contributed by atoms with E-state index in [1.165, 1.54) is 6.42 Å². The number of ether oxygens (including phenoxy) is 1. The van der Waals surface area contributed by atoms with Gasteiger partial charge in [-0.05, 0) is 30.4 Å². The minimum atomic E-state index is -0.619. The van der Waals surface area contributed by atoms with Crippen molar-refractivity contribution in [1.82, 2.24) is 5.32 Å². The van der Waals surface area contributed by atoms with Crippen molar-refractivity contribution in [2.24, 2.45) is 11.8 Å². The van der Waals surface area contributed by atoms with Crippen molar-refractivity contribution in [1.29, 1.82) is 0 Å². The van der Waals surface area contributed by atoms with Gasteiger partial charge in [0.2, 0.25) is 5.76 Å². The van der Waals surface area contributed by atoms with Crippen LogP contribution >= 0.6 is 0 Å². The van der Waals surface area contributed by atoms with Gasteiger partial charge in [0.25, 0.3) is 5.91 Å². The van der Waals surface area contributed by atoms with Gasteiger partial charge >= 0.3 is 5.97 Å². The number of rotatable bonds is 4. The van der Waals surface area contributed by atoms with Crippen molar-refractivity contribution < 1.29 is 18.7 Å². The van der Waals surface area contributed by atoms with Crippen molar-refractivity contribution in [3.05, 3.63) is 36.1 Å². The fraction of sp³-hybridized carbons (Fsp3) is 0.474. The summed E-state index contributed by atoms with van der Waals surface area (Å²) in [6, 6.07) is 9.12. The molecule has 3 rings (SSSR count). The molecule has 1 fully saturated rings. The SMILES string of the molecule is CC1CCCC(NC(=O)COC(=O)c2cc3ccccc3o2)C1C. The minimum absolute atomic E-state index is 0.114. The van der Waals surface area contributed by atoms with E-state index in [0.29, 0.717) is 17.4 Å². The molecule has 5 heteroatoms. The maximum atomic E-state index is 12.1. The number of carbonyl (C=O) groups excluding carboxylic acids is 2. The average molecular weight is 329 g/mol. The number of hydrogen-bond acceptors (Lipinski definition) is 4. The number of furan rings is 1. The van der Waals surface area contributed by atoms with E-state index in [1.54, 1.807) is 12.1 Å². The first-order chi connectivity index (χ1) is 11.5. The largest absolute Gasteiger partial charge is 0.450 e. The lowest BCUT2D eigenvalue weighted by Gasteiger charge is -2.34. The van der Waals surface area contributed by atoms with E-state index in [-0.39, 0.29) is 24.3 Å². The summed E-state index contributed by atoms with van der Waals surface area (Å²) in [6.45, 7) is 4.09. The molecule has 2 aromatic rings. The molecule has 0 radical (unpaired) electrons. The third-order valence-electron chi connectivity index (χ3n) is 5.01. The molecule has 24 heavy (non-hydrogen) atoms. The van der Waals surface area contributed by atoms with Crippen molar-refractivity contribution >= 4 is 22.8 Å². The number of carbonyl (C=O) groups is 2. The zero-order valence-electron chi connectivity index (χ0n) is 14.1. The molecular formula is C19H23NO4. The molecule has 1 amide bonds. The first kappa shape index (κ1) is 16.6. The number of benzene rings is 1. The van der Waals surface area contributed by atoms with Crippen LogP contribution in [0.4, 0.5) is 0 Å². The number of para-hydroxylation sites is 1. The van der Waals surface area contributed by atoms with Gasteiger partial charge in [-0.15, -0.1) is 0 Å². The van der Waals surface area contributed by atoms with E-state index in [0.717, 1.165) is 18.2 Å². The number of nitrogens with one attached hydrogen (secondary N) is 1. The second kappa shape index (κ2) is 7.07. The van der Waals surface area contributed by atoms with Gasteiger partial charge in [0.15, 0.2) is 6.61 Å². The van der Waals surface area contributed by atoms with Crippen LogP contribution in [-0.2, 0) is 9.53 Å². The highest BCUT2D eigenvalue weighted by molar-refractivity contribution is 5.93. The minimum Gasteiger partial charge on any atom is -0.450 e. The fourth-order valence-corrected chi connectivity index (χ4v) is 3.32. The summed E-state index contributed by atoms with van der Waals surface area (Å²) in [7, 11) is 0. The standard InChI is InChI=1S/C19H23NO4/c1-12-6-5-8-15(13(12)2)20-18(21)11-23-19(22)17-10-14-7-3-4-9-16(14)24-17/h3-4,7,9-10,12-13,15H,5-6,8,11H2,1-2H3,(H,20,21). The van der Waals surface area contributed by atoms with Crippen LogP contribution in [0.1, 0.15) is 43.7 Å². The van der Waals surface area contributed by atoms with Crippen molar-refractivity contribution in [2.75, 3.05) is 6.61 Å². The van der Waals surface area contributed by atoms with Crippen LogP contribution in [0.3, 0.4) is 0 Å². The van der Waals surface area contributed by atoms with Gasteiger partial charge in [0.05, 0.1) is 0 Å². The molecule has 128 valence electrons. The van der Waals surface area contributed by atoms with E-state index in [9.17, 15) is 9.59 Å². The normalized spacial score (nSPS) is 23.8. The second-order valence-corrected chi connectivity index (χ2v) is 6.67. The molecule has 1 aromatic heterocycles. The van der Waals surface area contributed by atoms with E-state index in [2.05, 4.69) is 19.2 Å². The van der Waals surface area contributed by atoms with Crippen LogP contribution in [0, 0.1) is 11.8 Å². The Morgan fingerprint density at radius 1 is 1.25 bits per heavy atom. The second-order valence-electron chi connectivity index (χ2n) is 6.67. The number of fused-ring (bicyclic) bond motifs is 1. The van der Waals surface area contributed by atoms with Crippen LogP contribution in [0.25, 0.3) is 11.0 Å². The fourth-order valence-electron chi connectivity index (χ4n) is 3.32. The van der Waals surface area contributed by atoms with Crippen LogP contribution in [0.2, 0.25) is 0 Å². The molecule has 1 heterocycles. The maximum absolute atomic E-state index is 12.1. The van der Waals surface area contributed by atoms with Crippen LogP contribution < -0.4 is 5.32 Å². The predicted octanol–water partition coefficient (Wildman–Crippen LogP) is 3.53. The Balaban J connectivity index is 1.53. The topological polar surface area (TPSA) is 68.5 Å². The summed E-state index contributed by atoms with van der Waals surface area (Å²) in [5.74, 6) is 0.274. The number of amides is 1. The van der Waals surface area contributed by atoms with E-state index < -0.39 is 5.97 Å². The highest BCUT2D eigenvalue weighted by Crippen LogP contribution is 2.29. The highest BCUT2D eigenvalue weighted by Gasteiger charge is 2.28. The summed E-state index contributed by atoms with van der Waals surface area (Å²) < 4.78 is 10.5. The molecule has 0 bridgehead atoms. The first-order valence-electron chi connectivity index (χ1n) is 8.49. The third-order valence-corrected chi connectivity index (χ3v) is 5.01. The third kappa shape index (κ3) is 3.61. The Kier molecular flexibility index (Phi) is 4.88. The average Bonchev–Trinajstić information content (AvgIpc) is 3.01. The molecule has 1 aliphatic carbocycles. The molecule has 1 saturated carbocycles. The molecule has 5 nitrogen and oxygen atoms in total. The summed E-state index contributed by atoms with van der Waals surface area (Å²) >= 11 is 0. The smallest absolute Gasteiger partial charge is 0.374 e. The van der Waals surface area contributed by atoms with E-state index in [1.807, 2.05) is 18.2 Å². The predicted molar refractivity (Wildman–Crippen MR) is 90.6 cm³/mol. The van der Waals surface area contributed by atoms with Gasteiger partial charge in [-0.1, -0.05) is 44.9 Å². The van der Waals surface area contributed by atoms with E-state index >= 15 is 0 Å². The van der Waals surface area contributed by atoms with Gasteiger partial charge in [-0.2, -0.15) is 0 Å². The molecule has 0 spiro atoms. The van der Waals surface area contributed by atoms with Crippen LogP contribution in [-0.4, -0.2) is 24.5 Å². The summed E-state index contributed by atoms with van der Waals surface area (Å²) in [6.07, 6.45) is 3.30. The lowest BCUT2D eigenvalue weighted by molar-refractivity contribution is -0.125. The number of esters is 1. The van der Waals surface area contributed by atoms with Crippen LogP contribution in [0.5, 0.6) is 0 Å². The zero-order chi connectivity index (χ0) is 17.1. The quantitative estimate of drug-likeness (QED) is 0.871. The Hall–Kier alpha value is -2.30. The lowest BCUT2D eigenvalue weighted by Crippen LogP contribution is -2.45. The van der Waals surface area contributed by atoms with Crippen molar-refractivity contribution in [2.45, 2.75) is 39.2 Å². The van der Waals surface area contributed by atoms with Crippen molar-refractivity contribution in [3.8, 4) is 0 Å². The molecule has 0 saturated heterocycles. The summed E-state index contributed by atoms with van der Waals surface area (Å²) in [5, 5.41) is 3.82. The van der Waals surface area contributed by atoms with Gasteiger partial charge in [0, 0.05) is 11.4 Å². The highest BCUT2D eigenvalue weighted by atomic mass is 16.5. The van der Waals surface area contributed by atoms with Crippen LogP contribution in [0.15, 0.2) is 34.7 Å². The molecule has 1 N–H and O–H groups in total. The summed E-state index contributed by atoms with van der Waals surface area (Å²) in [5.41, 5.74) is 0.624. The first-order valence-corrected chi connectivity index (χ1v) is 8.49. The van der Waals surface area contributed by atoms with Gasteiger partial charge in [0.1, 0.15) is 5.58 Å². The molecule has 0 aliphatic heterocycles. The Labute approximate surface area is 141 Å². The molecule has 1 aromatic carbocycles. The van der Waals surface area contributed by atoms with Crippen molar-refractivity contribution in [3.63, 3.8) is 0 Å². The lowest BCUT2D eigenvalue weighted by atomic mass is 9.78.